The summed E-state index contributed by atoms with van der Waals surface area (Å²) in [6.07, 6.45) is 3.78. The standard InChI is InChI=1S/C8H12N2S/c1-9-6-3-2-4-7-8(6)10-5-11-7/h5-6,9H,2-4H2,1H3. The molecule has 2 rings (SSSR count). The number of fused-ring (bicyclic) bond motifs is 1. The van der Waals surface area contributed by atoms with Crippen molar-refractivity contribution in [2.45, 2.75) is 25.3 Å². The van der Waals surface area contributed by atoms with Gasteiger partial charge in [-0.25, -0.2) is 4.98 Å². The molecule has 1 atom stereocenters. The first-order valence-corrected chi connectivity index (χ1v) is 4.89. The van der Waals surface area contributed by atoms with E-state index < -0.39 is 0 Å². The molecule has 11 heavy (non-hydrogen) atoms. The van der Waals surface area contributed by atoms with Crippen molar-refractivity contribution in [1.29, 1.82) is 0 Å². The Labute approximate surface area is 70.7 Å². The second kappa shape index (κ2) is 2.91. The van der Waals surface area contributed by atoms with E-state index in [1.807, 2.05) is 12.6 Å². The van der Waals surface area contributed by atoms with Crippen LogP contribution in [-0.2, 0) is 6.42 Å². The van der Waals surface area contributed by atoms with Crippen LogP contribution in [0.4, 0.5) is 0 Å². The van der Waals surface area contributed by atoms with Gasteiger partial charge >= 0.3 is 0 Å². The molecular formula is C8H12N2S. The van der Waals surface area contributed by atoms with Gasteiger partial charge in [-0.1, -0.05) is 0 Å². The first-order valence-electron chi connectivity index (χ1n) is 4.01. The van der Waals surface area contributed by atoms with Crippen molar-refractivity contribution in [3.63, 3.8) is 0 Å². The quantitative estimate of drug-likeness (QED) is 0.691. The average Bonchev–Trinajstić information content (AvgIpc) is 2.50. The molecular weight excluding hydrogens is 156 g/mol. The molecule has 1 aliphatic carbocycles. The molecule has 0 bridgehead atoms. The van der Waals surface area contributed by atoms with Crippen molar-refractivity contribution in [2.75, 3.05) is 7.05 Å². The molecule has 1 aromatic heterocycles. The summed E-state index contributed by atoms with van der Waals surface area (Å²) in [6, 6.07) is 0.519. The average molecular weight is 168 g/mol. The van der Waals surface area contributed by atoms with Gasteiger partial charge in [0.15, 0.2) is 0 Å². The van der Waals surface area contributed by atoms with Crippen molar-refractivity contribution in [3.8, 4) is 0 Å². The minimum absolute atomic E-state index is 0.519. The van der Waals surface area contributed by atoms with E-state index in [1.165, 1.54) is 29.8 Å². The Morgan fingerprint density at radius 2 is 2.64 bits per heavy atom. The van der Waals surface area contributed by atoms with E-state index in [4.69, 9.17) is 0 Å². The lowest BCUT2D eigenvalue weighted by Crippen LogP contribution is -2.20. The summed E-state index contributed by atoms with van der Waals surface area (Å²) in [5.74, 6) is 0. The number of nitrogens with one attached hydrogen (secondary N) is 1. The summed E-state index contributed by atoms with van der Waals surface area (Å²) < 4.78 is 0. The number of rotatable bonds is 1. The fourth-order valence-electron chi connectivity index (χ4n) is 1.63. The summed E-state index contributed by atoms with van der Waals surface area (Å²) >= 11 is 1.79. The third-order valence-corrected chi connectivity index (χ3v) is 3.16. The fraction of sp³-hybridized carbons (Fsp3) is 0.625. The number of hydrogen-bond donors (Lipinski definition) is 1. The molecule has 1 aromatic rings. The molecule has 1 N–H and O–H groups in total. The van der Waals surface area contributed by atoms with Crippen LogP contribution in [0.3, 0.4) is 0 Å². The van der Waals surface area contributed by atoms with Crippen molar-refractivity contribution in [3.05, 3.63) is 16.1 Å². The highest BCUT2D eigenvalue weighted by Crippen LogP contribution is 2.30. The molecule has 0 saturated heterocycles. The smallest absolute Gasteiger partial charge is 0.0798 e. The van der Waals surface area contributed by atoms with E-state index in [-0.39, 0.29) is 0 Å². The molecule has 0 spiro atoms. The maximum Gasteiger partial charge on any atom is 0.0798 e. The summed E-state index contributed by atoms with van der Waals surface area (Å²) in [5.41, 5.74) is 3.25. The highest BCUT2D eigenvalue weighted by molar-refractivity contribution is 7.09. The molecule has 0 aromatic carbocycles. The van der Waals surface area contributed by atoms with E-state index in [0.29, 0.717) is 6.04 Å². The zero-order chi connectivity index (χ0) is 7.68. The maximum absolute atomic E-state index is 4.37. The summed E-state index contributed by atoms with van der Waals surface area (Å²) in [5, 5.41) is 3.29. The minimum atomic E-state index is 0.519. The molecule has 0 fully saturated rings. The van der Waals surface area contributed by atoms with E-state index in [2.05, 4.69) is 10.3 Å². The first kappa shape index (κ1) is 7.25. The predicted molar refractivity (Wildman–Crippen MR) is 46.9 cm³/mol. The molecule has 1 heterocycles. The minimum Gasteiger partial charge on any atom is -0.312 e. The molecule has 0 aliphatic heterocycles. The molecule has 60 valence electrons. The van der Waals surface area contributed by atoms with Crippen LogP contribution < -0.4 is 5.32 Å². The monoisotopic (exact) mass is 168 g/mol. The van der Waals surface area contributed by atoms with E-state index >= 15 is 0 Å². The van der Waals surface area contributed by atoms with Crippen LogP contribution >= 0.6 is 11.3 Å². The molecule has 0 radical (unpaired) electrons. The largest absolute Gasteiger partial charge is 0.312 e. The Bertz CT molecular complexity index is 244. The Morgan fingerprint density at radius 3 is 3.45 bits per heavy atom. The summed E-state index contributed by atoms with van der Waals surface area (Å²) in [6.45, 7) is 0. The van der Waals surface area contributed by atoms with Crippen molar-refractivity contribution in [2.24, 2.45) is 0 Å². The van der Waals surface area contributed by atoms with Gasteiger partial charge in [0.2, 0.25) is 0 Å². The molecule has 1 aliphatic rings. The third-order valence-electron chi connectivity index (χ3n) is 2.25. The zero-order valence-electron chi connectivity index (χ0n) is 6.63. The molecule has 3 heteroatoms. The second-order valence-electron chi connectivity index (χ2n) is 2.89. The number of hydrogen-bond acceptors (Lipinski definition) is 3. The highest BCUT2D eigenvalue weighted by Gasteiger charge is 2.20. The van der Waals surface area contributed by atoms with Crippen LogP contribution in [0.25, 0.3) is 0 Å². The van der Waals surface area contributed by atoms with Gasteiger partial charge in [-0.15, -0.1) is 11.3 Å². The Hall–Kier alpha value is -0.410. The van der Waals surface area contributed by atoms with E-state index in [1.54, 1.807) is 11.3 Å². The van der Waals surface area contributed by atoms with E-state index in [0.717, 1.165) is 0 Å². The van der Waals surface area contributed by atoms with E-state index in [9.17, 15) is 0 Å². The van der Waals surface area contributed by atoms with Gasteiger partial charge in [0.1, 0.15) is 0 Å². The highest BCUT2D eigenvalue weighted by atomic mass is 32.1. The van der Waals surface area contributed by atoms with Gasteiger partial charge < -0.3 is 5.32 Å². The fourth-order valence-corrected chi connectivity index (χ4v) is 2.51. The van der Waals surface area contributed by atoms with Gasteiger partial charge in [0, 0.05) is 4.88 Å². The van der Waals surface area contributed by atoms with Gasteiger partial charge in [0.05, 0.1) is 17.2 Å². The maximum atomic E-state index is 4.37. The lowest BCUT2D eigenvalue weighted by Gasteiger charge is -2.19. The lowest BCUT2D eigenvalue weighted by molar-refractivity contribution is 0.490. The molecule has 0 amide bonds. The van der Waals surface area contributed by atoms with Crippen molar-refractivity contribution < 1.29 is 0 Å². The Morgan fingerprint density at radius 1 is 1.73 bits per heavy atom. The predicted octanol–water partition coefficient (Wildman–Crippen LogP) is 1.74. The third kappa shape index (κ3) is 1.19. The van der Waals surface area contributed by atoms with Crippen LogP contribution in [-0.4, -0.2) is 12.0 Å². The summed E-state index contributed by atoms with van der Waals surface area (Å²) in [4.78, 5) is 5.85. The Balaban J connectivity index is 2.32. The van der Waals surface area contributed by atoms with Gasteiger partial charge in [-0.05, 0) is 26.3 Å². The summed E-state index contributed by atoms with van der Waals surface area (Å²) in [7, 11) is 2.01. The topological polar surface area (TPSA) is 24.9 Å². The normalized spacial score (nSPS) is 23.2. The van der Waals surface area contributed by atoms with Crippen molar-refractivity contribution >= 4 is 11.3 Å². The number of aromatic nitrogens is 1. The van der Waals surface area contributed by atoms with Crippen LogP contribution in [0.2, 0.25) is 0 Å². The zero-order valence-corrected chi connectivity index (χ0v) is 7.45. The van der Waals surface area contributed by atoms with Gasteiger partial charge in [-0.3, -0.25) is 0 Å². The number of thiazole rings is 1. The molecule has 1 unspecified atom stereocenters. The second-order valence-corrected chi connectivity index (χ2v) is 3.83. The number of aryl methyl sites for hydroxylation is 1. The van der Waals surface area contributed by atoms with Gasteiger partial charge in [0.25, 0.3) is 0 Å². The molecule has 0 saturated carbocycles. The van der Waals surface area contributed by atoms with Crippen LogP contribution in [0, 0.1) is 0 Å². The van der Waals surface area contributed by atoms with Crippen LogP contribution in [0.5, 0.6) is 0 Å². The molecule has 2 nitrogen and oxygen atoms in total. The number of nitrogens with zero attached hydrogens (tertiary/aromatic N) is 1. The Kier molecular flexibility index (Phi) is 1.92. The SMILES string of the molecule is CNC1CCCc2scnc21. The van der Waals surface area contributed by atoms with Crippen LogP contribution in [0.15, 0.2) is 5.51 Å². The lowest BCUT2D eigenvalue weighted by atomic mass is 9.98. The van der Waals surface area contributed by atoms with Crippen molar-refractivity contribution in [1.82, 2.24) is 10.3 Å². The van der Waals surface area contributed by atoms with Gasteiger partial charge in [-0.2, -0.15) is 0 Å². The van der Waals surface area contributed by atoms with Crippen LogP contribution in [0.1, 0.15) is 29.5 Å². The first-order chi connectivity index (χ1) is 5.42.